The molecular formula is C10H7ClN2S. The normalized spacial score (nSPS) is 10.1. The average Bonchev–Trinajstić information content (AvgIpc) is 2.18. The standard InChI is InChI=1S/C10H7ClN2S/c11-9-6-8(12-10(14)13-9)7-4-2-1-3-5-7/h1-6H,(H,12,13,14). The van der Waals surface area contributed by atoms with Crippen molar-refractivity contribution in [3.8, 4) is 11.3 Å². The van der Waals surface area contributed by atoms with E-state index < -0.39 is 0 Å². The Bertz CT molecular complexity index is 493. The van der Waals surface area contributed by atoms with Gasteiger partial charge < -0.3 is 4.98 Å². The maximum Gasteiger partial charge on any atom is 0.198 e. The van der Waals surface area contributed by atoms with E-state index in [4.69, 9.17) is 23.8 Å². The molecule has 0 aliphatic carbocycles. The summed E-state index contributed by atoms with van der Waals surface area (Å²) in [5.74, 6) is 0. The van der Waals surface area contributed by atoms with Crippen LogP contribution in [-0.2, 0) is 0 Å². The Morgan fingerprint density at radius 2 is 1.93 bits per heavy atom. The lowest BCUT2D eigenvalue weighted by atomic mass is 10.1. The van der Waals surface area contributed by atoms with Gasteiger partial charge in [-0.2, -0.15) is 0 Å². The Morgan fingerprint density at radius 1 is 1.21 bits per heavy atom. The van der Waals surface area contributed by atoms with Gasteiger partial charge in [-0.15, -0.1) is 0 Å². The highest BCUT2D eigenvalue weighted by atomic mass is 35.5. The Kier molecular flexibility index (Phi) is 2.61. The van der Waals surface area contributed by atoms with Crippen LogP contribution < -0.4 is 0 Å². The van der Waals surface area contributed by atoms with E-state index in [-0.39, 0.29) is 0 Å². The Hall–Kier alpha value is -1.19. The second-order valence-corrected chi connectivity index (χ2v) is 3.58. The predicted octanol–water partition coefficient (Wildman–Crippen LogP) is 3.46. The van der Waals surface area contributed by atoms with Gasteiger partial charge in [-0.05, 0) is 18.3 Å². The molecule has 4 heteroatoms. The van der Waals surface area contributed by atoms with Crippen molar-refractivity contribution >= 4 is 23.8 Å². The molecule has 2 aromatic rings. The summed E-state index contributed by atoms with van der Waals surface area (Å²) in [7, 11) is 0. The molecule has 0 amide bonds. The van der Waals surface area contributed by atoms with Crippen molar-refractivity contribution in [2.75, 3.05) is 0 Å². The van der Waals surface area contributed by atoms with E-state index in [2.05, 4.69) is 9.97 Å². The van der Waals surface area contributed by atoms with Gasteiger partial charge in [-0.3, -0.25) is 0 Å². The lowest BCUT2D eigenvalue weighted by Gasteiger charge is -2.00. The number of rotatable bonds is 1. The third-order valence-electron chi connectivity index (χ3n) is 1.78. The molecule has 14 heavy (non-hydrogen) atoms. The third kappa shape index (κ3) is 2.00. The highest BCUT2D eigenvalue weighted by Crippen LogP contribution is 2.18. The second kappa shape index (κ2) is 3.90. The molecule has 0 saturated heterocycles. The van der Waals surface area contributed by atoms with Crippen LogP contribution in [0.5, 0.6) is 0 Å². The topological polar surface area (TPSA) is 28.7 Å². The first-order valence-electron chi connectivity index (χ1n) is 4.08. The summed E-state index contributed by atoms with van der Waals surface area (Å²) < 4.78 is 0.399. The first-order chi connectivity index (χ1) is 6.75. The molecule has 1 N–H and O–H groups in total. The van der Waals surface area contributed by atoms with Gasteiger partial charge >= 0.3 is 0 Å². The van der Waals surface area contributed by atoms with E-state index in [1.165, 1.54) is 0 Å². The van der Waals surface area contributed by atoms with Crippen molar-refractivity contribution in [3.05, 3.63) is 46.3 Å². The van der Waals surface area contributed by atoms with Crippen LogP contribution in [0.25, 0.3) is 11.3 Å². The molecule has 0 aliphatic heterocycles. The van der Waals surface area contributed by atoms with Gasteiger partial charge in [0.25, 0.3) is 0 Å². The largest absolute Gasteiger partial charge is 0.321 e. The second-order valence-electron chi connectivity index (χ2n) is 2.79. The van der Waals surface area contributed by atoms with Crippen molar-refractivity contribution in [2.24, 2.45) is 0 Å². The Morgan fingerprint density at radius 3 is 2.57 bits per heavy atom. The molecule has 1 heterocycles. The van der Waals surface area contributed by atoms with Crippen LogP contribution in [0, 0.1) is 4.77 Å². The summed E-state index contributed by atoms with van der Waals surface area (Å²) >= 11 is 10.8. The van der Waals surface area contributed by atoms with Gasteiger partial charge in [-0.25, -0.2) is 4.98 Å². The zero-order valence-corrected chi connectivity index (χ0v) is 8.77. The summed E-state index contributed by atoms with van der Waals surface area (Å²) in [5.41, 5.74) is 1.80. The number of benzene rings is 1. The highest BCUT2D eigenvalue weighted by molar-refractivity contribution is 7.71. The van der Waals surface area contributed by atoms with E-state index in [0.717, 1.165) is 11.3 Å². The number of hydrogen-bond donors (Lipinski definition) is 1. The van der Waals surface area contributed by atoms with Crippen LogP contribution in [0.3, 0.4) is 0 Å². The molecule has 0 aliphatic rings. The summed E-state index contributed by atoms with van der Waals surface area (Å²) in [6.45, 7) is 0. The van der Waals surface area contributed by atoms with Crippen LogP contribution in [0.1, 0.15) is 0 Å². The summed E-state index contributed by atoms with van der Waals surface area (Å²) in [6.07, 6.45) is 0. The fourth-order valence-corrected chi connectivity index (χ4v) is 1.64. The highest BCUT2D eigenvalue weighted by Gasteiger charge is 1.99. The molecule has 0 unspecified atom stereocenters. The monoisotopic (exact) mass is 222 g/mol. The molecule has 1 aromatic heterocycles. The lowest BCUT2D eigenvalue weighted by Crippen LogP contribution is -1.87. The van der Waals surface area contributed by atoms with E-state index in [0.29, 0.717) is 9.92 Å². The molecule has 0 radical (unpaired) electrons. The third-order valence-corrected chi connectivity index (χ3v) is 2.18. The van der Waals surface area contributed by atoms with Gasteiger partial charge in [-0.1, -0.05) is 41.9 Å². The molecule has 1 aromatic carbocycles. The van der Waals surface area contributed by atoms with Gasteiger partial charge in [0.15, 0.2) is 4.77 Å². The summed E-state index contributed by atoms with van der Waals surface area (Å²) in [5, 5.41) is 0.504. The van der Waals surface area contributed by atoms with Gasteiger partial charge in [0.05, 0.1) is 5.69 Å². The molecule has 0 bridgehead atoms. The van der Waals surface area contributed by atoms with E-state index in [1.54, 1.807) is 6.07 Å². The smallest absolute Gasteiger partial charge is 0.198 e. The minimum absolute atomic E-state index is 0.399. The molecule has 0 atom stereocenters. The first-order valence-corrected chi connectivity index (χ1v) is 4.86. The van der Waals surface area contributed by atoms with Crippen molar-refractivity contribution in [3.63, 3.8) is 0 Å². The molecule has 2 rings (SSSR count). The summed E-state index contributed by atoms with van der Waals surface area (Å²) in [4.78, 5) is 6.93. The van der Waals surface area contributed by atoms with Gasteiger partial charge in [0.2, 0.25) is 0 Å². The minimum Gasteiger partial charge on any atom is -0.321 e. The number of halogens is 1. The molecule has 0 fully saturated rings. The molecule has 0 saturated carbocycles. The van der Waals surface area contributed by atoms with Crippen molar-refractivity contribution in [1.82, 2.24) is 9.97 Å². The Balaban J connectivity index is 2.58. The number of aromatic nitrogens is 2. The molecule has 70 valence electrons. The van der Waals surface area contributed by atoms with Gasteiger partial charge in [0.1, 0.15) is 5.15 Å². The van der Waals surface area contributed by atoms with Crippen LogP contribution in [0.4, 0.5) is 0 Å². The van der Waals surface area contributed by atoms with Crippen molar-refractivity contribution in [2.45, 2.75) is 0 Å². The van der Waals surface area contributed by atoms with Gasteiger partial charge in [0, 0.05) is 5.56 Å². The van der Waals surface area contributed by atoms with E-state index in [9.17, 15) is 0 Å². The van der Waals surface area contributed by atoms with E-state index in [1.807, 2.05) is 30.3 Å². The Labute approximate surface area is 91.6 Å². The van der Waals surface area contributed by atoms with Crippen LogP contribution in [0.2, 0.25) is 5.15 Å². The van der Waals surface area contributed by atoms with Crippen LogP contribution >= 0.6 is 23.8 Å². The quantitative estimate of drug-likeness (QED) is 0.591. The molecule has 0 spiro atoms. The number of hydrogen-bond acceptors (Lipinski definition) is 2. The van der Waals surface area contributed by atoms with Crippen molar-refractivity contribution < 1.29 is 0 Å². The average molecular weight is 223 g/mol. The SMILES string of the molecule is S=c1nc(-c2ccccc2)cc(Cl)[nH]1. The van der Waals surface area contributed by atoms with Crippen molar-refractivity contribution in [1.29, 1.82) is 0 Å². The number of nitrogens with one attached hydrogen (secondary N) is 1. The van der Waals surface area contributed by atoms with Crippen LogP contribution in [0.15, 0.2) is 36.4 Å². The predicted molar refractivity (Wildman–Crippen MR) is 59.9 cm³/mol. The number of aromatic amines is 1. The molecular weight excluding hydrogens is 216 g/mol. The zero-order valence-electron chi connectivity index (χ0n) is 7.20. The summed E-state index contributed by atoms with van der Waals surface area (Å²) in [6, 6.07) is 11.5. The fraction of sp³-hybridized carbons (Fsp3) is 0. The maximum absolute atomic E-state index is 5.84. The fourth-order valence-electron chi connectivity index (χ4n) is 1.18. The number of H-pyrrole nitrogens is 1. The first kappa shape index (κ1) is 9.37. The van der Waals surface area contributed by atoms with E-state index >= 15 is 0 Å². The number of nitrogens with zero attached hydrogens (tertiary/aromatic N) is 1. The lowest BCUT2D eigenvalue weighted by molar-refractivity contribution is 1.14. The zero-order chi connectivity index (χ0) is 9.97. The molecule has 2 nitrogen and oxygen atoms in total. The van der Waals surface area contributed by atoms with Crippen LogP contribution in [-0.4, -0.2) is 9.97 Å². The minimum atomic E-state index is 0.399. The maximum atomic E-state index is 5.84.